The Kier molecular flexibility index (Phi) is 2.60. The molecule has 0 amide bonds. The largest absolute Gasteiger partial charge is 0.785 e. The van der Waals surface area contributed by atoms with E-state index in [0.29, 0.717) is 0 Å². The maximum absolute atomic E-state index is 11.8. The second kappa shape index (κ2) is 4.03. The van der Waals surface area contributed by atoms with E-state index in [-0.39, 0.29) is 0 Å². The molecular weight excluding hydrogens is 228 g/mol. The van der Waals surface area contributed by atoms with Crippen LogP contribution >= 0.6 is 0 Å². The van der Waals surface area contributed by atoms with E-state index < -0.39 is 12.1 Å². The molecule has 3 rings (SSSR count). The summed E-state index contributed by atoms with van der Waals surface area (Å²) in [5, 5.41) is 27.4. The van der Waals surface area contributed by atoms with Crippen molar-refractivity contribution in [1.82, 2.24) is 10.1 Å². The summed E-state index contributed by atoms with van der Waals surface area (Å²) in [6.45, 7) is 0. The monoisotopic (exact) mass is 242 g/mol. The highest BCUT2D eigenvalue weighted by Gasteiger charge is 2.32. The van der Waals surface area contributed by atoms with E-state index in [4.69, 9.17) is 0 Å². The zero-order valence-corrected chi connectivity index (χ0v) is 10.3. The van der Waals surface area contributed by atoms with Gasteiger partial charge in [-0.25, -0.2) is 0 Å². The van der Waals surface area contributed by atoms with Crippen LogP contribution in [-0.2, 0) is 0 Å². The fourth-order valence-corrected chi connectivity index (χ4v) is 2.94. The minimum atomic E-state index is -0.414. The standard InChI is InChI=1S/C14H14N2O2/c1-15(17)13-10-7-9-5-3-4-6-11(9)12(8-10)14(13)16(2)18/h3-8,13-14H,1-2H3/q-2. The highest BCUT2D eigenvalue weighted by molar-refractivity contribution is 5.88. The quantitative estimate of drug-likeness (QED) is 0.760. The van der Waals surface area contributed by atoms with Gasteiger partial charge in [0.05, 0.1) is 0 Å². The van der Waals surface area contributed by atoms with E-state index in [0.717, 1.165) is 32.0 Å². The number of nitrogens with zero attached hydrogens (tertiary/aromatic N) is 2. The molecule has 1 aliphatic carbocycles. The zero-order chi connectivity index (χ0) is 12.9. The summed E-state index contributed by atoms with van der Waals surface area (Å²) in [4.78, 5) is 0. The van der Waals surface area contributed by atoms with E-state index in [1.54, 1.807) is 0 Å². The fourth-order valence-electron chi connectivity index (χ4n) is 2.94. The highest BCUT2D eigenvalue weighted by Crippen LogP contribution is 2.46. The summed E-state index contributed by atoms with van der Waals surface area (Å²) in [6.07, 6.45) is 0. The van der Waals surface area contributed by atoms with Crippen molar-refractivity contribution in [2.75, 3.05) is 14.1 Å². The molecule has 0 spiro atoms. The molecule has 4 heteroatoms. The van der Waals surface area contributed by atoms with Crippen molar-refractivity contribution in [2.24, 2.45) is 0 Å². The molecule has 2 bridgehead atoms. The van der Waals surface area contributed by atoms with Crippen LogP contribution < -0.4 is 0 Å². The third-order valence-electron chi connectivity index (χ3n) is 3.66. The Hall–Kier alpha value is -1.46. The van der Waals surface area contributed by atoms with E-state index in [9.17, 15) is 10.4 Å². The smallest absolute Gasteiger partial charge is 0.0427 e. The minimum absolute atomic E-state index is 0.408. The van der Waals surface area contributed by atoms with Crippen LogP contribution in [0.3, 0.4) is 0 Å². The number of hydrogen-bond acceptors (Lipinski definition) is 4. The molecule has 0 N–H and O–H groups in total. The Bertz CT molecular complexity index is 595. The van der Waals surface area contributed by atoms with Crippen molar-refractivity contribution < 1.29 is 0 Å². The second-order valence-corrected chi connectivity index (χ2v) is 4.81. The summed E-state index contributed by atoms with van der Waals surface area (Å²) in [6, 6.07) is 11.1. The van der Waals surface area contributed by atoms with Gasteiger partial charge in [-0.1, -0.05) is 30.3 Å². The maximum Gasteiger partial charge on any atom is 0.0427 e. The fraction of sp³-hybridized carbons (Fsp3) is 0.286. The lowest BCUT2D eigenvalue weighted by Crippen LogP contribution is -2.29. The van der Waals surface area contributed by atoms with Gasteiger partial charge in [-0.15, -0.1) is 0 Å². The molecule has 0 heterocycles. The molecule has 2 unspecified atom stereocenters. The molecule has 4 nitrogen and oxygen atoms in total. The van der Waals surface area contributed by atoms with Gasteiger partial charge in [0.2, 0.25) is 0 Å². The van der Waals surface area contributed by atoms with Crippen LogP contribution in [0.4, 0.5) is 0 Å². The molecule has 2 aromatic carbocycles. The maximum atomic E-state index is 11.8. The normalized spacial score (nSPS) is 22.3. The minimum Gasteiger partial charge on any atom is -0.785 e. The average molecular weight is 242 g/mol. The van der Waals surface area contributed by atoms with Crippen molar-refractivity contribution in [3.05, 3.63) is 57.9 Å². The third kappa shape index (κ3) is 1.54. The molecule has 0 aromatic heterocycles. The Morgan fingerprint density at radius 3 is 2.28 bits per heavy atom. The predicted molar refractivity (Wildman–Crippen MR) is 71.7 cm³/mol. The predicted octanol–water partition coefficient (Wildman–Crippen LogP) is 2.79. The second-order valence-electron chi connectivity index (χ2n) is 4.81. The number of benzene rings is 2. The lowest BCUT2D eigenvalue weighted by Gasteiger charge is -2.42. The molecular formula is C14H14N2O2-2. The van der Waals surface area contributed by atoms with Crippen molar-refractivity contribution in [3.8, 4) is 0 Å². The molecule has 1 aliphatic rings. The molecule has 0 saturated carbocycles. The van der Waals surface area contributed by atoms with Gasteiger partial charge in [-0.3, -0.25) is 0 Å². The molecule has 0 saturated heterocycles. The van der Waals surface area contributed by atoms with Crippen molar-refractivity contribution >= 4 is 10.8 Å². The third-order valence-corrected chi connectivity index (χ3v) is 3.66. The van der Waals surface area contributed by atoms with Crippen LogP contribution in [0.25, 0.3) is 10.8 Å². The number of hydrogen-bond donors (Lipinski definition) is 0. The average Bonchev–Trinajstić information content (AvgIpc) is 2.64. The van der Waals surface area contributed by atoms with Crippen LogP contribution in [0.5, 0.6) is 0 Å². The van der Waals surface area contributed by atoms with Gasteiger partial charge in [-0.05, 0) is 42.1 Å². The van der Waals surface area contributed by atoms with Crippen molar-refractivity contribution in [3.63, 3.8) is 0 Å². The first-order valence-corrected chi connectivity index (χ1v) is 5.92. The SMILES string of the molecule is CN([O-])C1c2cc(c3ccccc3c2)C1N(C)[O-]. The van der Waals surface area contributed by atoms with Crippen LogP contribution in [0.15, 0.2) is 36.4 Å². The summed E-state index contributed by atoms with van der Waals surface area (Å²) in [5.41, 5.74) is 1.88. The summed E-state index contributed by atoms with van der Waals surface area (Å²) < 4.78 is 0. The number of rotatable bonds is 2. The van der Waals surface area contributed by atoms with Crippen LogP contribution in [0.1, 0.15) is 23.2 Å². The molecule has 18 heavy (non-hydrogen) atoms. The van der Waals surface area contributed by atoms with E-state index >= 15 is 0 Å². The van der Waals surface area contributed by atoms with Gasteiger partial charge in [-0.2, -0.15) is 0 Å². The topological polar surface area (TPSA) is 52.6 Å². The van der Waals surface area contributed by atoms with E-state index in [2.05, 4.69) is 0 Å². The van der Waals surface area contributed by atoms with Crippen molar-refractivity contribution in [1.29, 1.82) is 0 Å². The first-order chi connectivity index (χ1) is 8.59. The molecule has 2 atom stereocenters. The van der Waals surface area contributed by atoms with Crippen LogP contribution in [-0.4, -0.2) is 24.2 Å². The van der Waals surface area contributed by atoms with Crippen LogP contribution in [0, 0.1) is 10.4 Å². The Labute approximate surface area is 106 Å². The number of fused-ring (bicyclic) bond motifs is 4. The Morgan fingerprint density at radius 1 is 0.944 bits per heavy atom. The molecule has 0 fully saturated rings. The van der Waals surface area contributed by atoms with Gasteiger partial charge >= 0.3 is 0 Å². The lowest BCUT2D eigenvalue weighted by molar-refractivity contribution is 0.196. The molecule has 0 aliphatic heterocycles. The summed E-state index contributed by atoms with van der Waals surface area (Å²) in [5.74, 6) is 0. The summed E-state index contributed by atoms with van der Waals surface area (Å²) in [7, 11) is 2.95. The van der Waals surface area contributed by atoms with Gasteiger partial charge in [0.1, 0.15) is 0 Å². The lowest BCUT2D eigenvalue weighted by atomic mass is 10.0. The van der Waals surface area contributed by atoms with Crippen molar-refractivity contribution in [2.45, 2.75) is 12.1 Å². The van der Waals surface area contributed by atoms with Crippen LogP contribution in [0.2, 0.25) is 0 Å². The molecule has 0 radical (unpaired) electrons. The van der Waals surface area contributed by atoms with E-state index in [1.807, 2.05) is 36.4 Å². The van der Waals surface area contributed by atoms with Gasteiger partial charge in [0.25, 0.3) is 0 Å². The van der Waals surface area contributed by atoms with Gasteiger partial charge in [0, 0.05) is 12.1 Å². The first-order valence-electron chi connectivity index (χ1n) is 5.92. The van der Waals surface area contributed by atoms with Gasteiger partial charge < -0.3 is 20.5 Å². The van der Waals surface area contributed by atoms with E-state index in [1.165, 1.54) is 14.1 Å². The van der Waals surface area contributed by atoms with Gasteiger partial charge in [0.15, 0.2) is 0 Å². The highest BCUT2D eigenvalue weighted by atomic mass is 16.5. The Morgan fingerprint density at radius 2 is 1.61 bits per heavy atom. The molecule has 2 aromatic rings. The Balaban J connectivity index is 2.25. The molecule has 94 valence electrons. The number of hydroxylamine groups is 4. The zero-order valence-electron chi connectivity index (χ0n) is 10.3. The number of likely N-dealkylation sites (N-methyl/N-ethyl adjacent to an activating group) is 2. The first kappa shape index (κ1) is 11.6. The summed E-state index contributed by atoms with van der Waals surface area (Å²) >= 11 is 0.